The van der Waals surface area contributed by atoms with E-state index in [2.05, 4.69) is 33.1 Å². The summed E-state index contributed by atoms with van der Waals surface area (Å²) in [6, 6.07) is 10.2. The average Bonchev–Trinajstić information content (AvgIpc) is 3.32. The molecule has 2 rings (SSSR count). The predicted molar refractivity (Wildman–Crippen MR) is 95.8 cm³/mol. The standard InChI is InChI=1S/C15H22N4O.HI/c1-16-15(19-11-12-5-3-2-4-6-12)18-10-9-17-14(20)13-7-8-13;/h2-6,13H,7-11H2,1H3,(H,17,20)(H2,16,18,19);1H. The van der Waals surface area contributed by atoms with Gasteiger partial charge in [0.1, 0.15) is 0 Å². The van der Waals surface area contributed by atoms with Gasteiger partial charge in [-0.1, -0.05) is 30.3 Å². The van der Waals surface area contributed by atoms with Gasteiger partial charge in [-0.15, -0.1) is 24.0 Å². The van der Waals surface area contributed by atoms with E-state index in [0.717, 1.165) is 25.3 Å². The van der Waals surface area contributed by atoms with E-state index in [4.69, 9.17) is 0 Å². The number of hydrogen-bond acceptors (Lipinski definition) is 2. The highest BCUT2D eigenvalue weighted by molar-refractivity contribution is 14.0. The summed E-state index contributed by atoms with van der Waals surface area (Å²) in [4.78, 5) is 15.6. The average molecular weight is 402 g/mol. The van der Waals surface area contributed by atoms with E-state index in [9.17, 15) is 4.79 Å². The van der Waals surface area contributed by atoms with Gasteiger partial charge in [0.2, 0.25) is 5.91 Å². The molecule has 5 nitrogen and oxygen atoms in total. The number of nitrogens with zero attached hydrogens (tertiary/aromatic N) is 1. The van der Waals surface area contributed by atoms with Crippen molar-refractivity contribution in [2.24, 2.45) is 10.9 Å². The lowest BCUT2D eigenvalue weighted by molar-refractivity contribution is -0.122. The summed E-state index contributed by atoms with van der Waals surface area (Å²) in [6.45, 7) is 2.03. The molecule has 0 aliphatic heterocycles. The number of amides is 1. The van der Waals surface area contributed by atoms with Gasteiger partial charge >= 0.3 is 0 Å². The Hall–Kier alpha value is -1.31. The molecule has 0 bridgehead atoms. The van der Waals surface area contributed by atoms with Crippen LogP contribution in [0.3, 0.4) is 0 Å². The van der Waals surface area contributed by atoms with E-state index in [0.29, 0.717) is 13.1 Å². The van der Waals surface area contributed by atoms with Gasteiger partial charge in [-0.3, -0.25) is 9.79 Å². The van der Waals surface area contributed by atoms with Crippen molar-refractivity contribution in [1.82, 2.24) is 16.0 Å². The second-order valence-electron chi connectivity index (χ2n) is 4.90. The number of carbonyl (C=O) groups is 1. The zero-order chi connectivity index (χ0) is 14.2. The third-order valence-electron chi connectivity index (χ3n) is 3.19. The second kappa shape index (κ2) is 9.59. The van der Waals surface area contributed by atoms with E-state index < -0.39 is 0 Å². The topological polar surface area (TPSA) is 65.5 Å². The summed E-state index contributed by atoms with van der Waals surface area (Å²) in [6.07, 6.45) is 2.08. The normalized spacial score (nSPS) is 14.0. The number of nitrogens with one attached hydrogen (secondary N) is 3. The van der Waals surface area contributed by atoms with Crippen LogP contribution in [-0.2, 0) is 11.3 Å². The van der Waals surface area contributed by atoms with Gasteiger partial charge in [0.05, 0.1) is 0 Å². The van der Waals surface area contributed by atoms with Gasteiger partial charge in [-0.2, -0.15) is 0 Å². The smallest absolute Gasteiger partial charge is 0.223 e. The molecule has 21 heavy (non-hydrogen) atoms. The molecule has 1 aromatic rings. The molecule has 0 atom stereocenters. The first kappa shape index (κ1) is 17.7. The number of halogens is 1. The van der Waals surface area contributed by atoms with Crippen molar-refractivity contribution in [3.63, 3.8) is 0 Å². The zero-order valence-electron chi connectivity index (χ0n) is 12.3. The van der Waals surface area contributed by atoms with Crippen LogP contribution in [0.1, 0.15) is 18.4 Å². The minimum atomic E-state index is 0. The molecule has 1 aliphatic rings. The Kier molecular flexibility index (Phi) is 8.11. The molecule has 0 spiro atoms. The van der Waals surface area contributed by atoms with Crippen LogP contribution < -0.4 is 16.0 Å². The highest BCUT2D eigenvalue weighted by Gasteiger charge is 2.28. The molecule has 116 valence electrons. The largest absolute Gasteiger partial charge is 0.355 e. The molecule has 1 aliphatic carbocycles. The third kappa shape index (κ3) is 6.79. The van der Waals surface area contributed by atoms with Crippen molar-refractivity contribution in [2.45, 2.75) is 19.4 Å². The van der Waals surface area contributed by atoms with E-state index in [1.165, 1.54) is 5.56 Å². The Morgan fingerprint density at radius 1 is 1.14 bits per heavy atom. The van der Waals surface area contributed by atoms with Crippen molar-refractivity contribution >= 4 is 35.8 Å². The van der Waals surface area contributed by atoms with Crippen LogP contribution in [0.4, 0.5) is 0 Å². The van der Waals surface area contributed by atoms with Gasteiger partial charge in [0.25, 0.3) is 0 Å². The highest BCUT2D eigenvalue weighted by Crippen LogP contribution is 2.28. The monoisotopic (exact) mass is 402 g/mol. The van der Waals surface area contributed by atoms with Gasteiger partial charge in [-0.05, 0) is 18.4 Å². The maximum atomic E-state index is 11.4. The first-order valence-corrected chi connectivity index (χ1v) is 7.06. The van der Waals surface area contributed by atoms with Crippen molar-refractivity contribution in [2.75, 3.05) is 20.1 Å². The van der Waals surface area contributed by atoms with Crippen LogP contribution in [-0.4, -0.2) is 32.0 Å². The summed E-state index contributed by atoms with van der Waals surface area (Å²) in [5.74, 6) is 1.19. The van der Waals surface area contributed by atoms with Crippen LogP contribution >= 0.6 is 24.0 Å². The number of aliphatic imine (C=N–C) groups is 1. The van der Waals surface area contributed by atoms with Gasteiger partial charge in [0.15, 0.2) is 5.96 Å². The van der Waals surface area contributed by atoms with Crippen LogP contribution in [0, 0.1) is 5.92 Å². The Labute approximate surface area is 143 Å². The Morgan fingerprint density at radius 2 is 1.81 bits per heavy atom. The summed E-state index contributed by atoms with van der Waals surface area (Å²) in [5, 5.41) is 9.33. The summed E-state index contributed by atoms with van der Waals surface area (Å²) in [5.41, 5.74) is 1.21. The molecule has 0 heterocycles. The Balaban J connectivity index is 0.00000220. The molecule has 0 saturated heterocycles. The van der Waals surface area contributed by atoms with Gasteiger partial charge < -0.3 is 16.0 Å². The van der Waals surface area contributed by atoms with E-state index in [1.807, 2.05) is 18.2 Å². The maximum Gasteiger partial charge on any atom is 0.223 e. The van der Waals surface area contributed by atoms with Crippen LogP contribution in [0.5, 0.6) is 0 Å². The van der Waals surface area contributed by atoms with Crippen molar-refractivity contribution in [3.8, 4) is 0 Å². The van der Waals surface area contributed by atoms with E-state index in [1.54, 1.807) is 7.05 Å². The Morgan fingerprint density at radius 3 is 2.43 bits per heavy atom. The third-order valence-corrected chi connectivity index (χ3v) is 3.19. The fourth-order valence-electron chi connectivity index (χ4n) is 1.86. The van der Waals surface area contributed by atoms with Crippen LogP contribution in [0.15, 0.2) is 35.3 Å². The number of guanidine groups is 1. The minimum Gasteiger partial charge on any atom is -0.355 e. The molecule has 1 saturated carbocycles. The molecule has 3 N–H and O–H groups in total. The van der Waals surface area contributed by atoms with Crippen molar-refractivity contribution in [3.05, 3.63) is 35.9 Å². The molecule has 6 heteroatoms. The fourth-order valence-corrected chi connectivity index (χ4v) is 1.86. The lowest BCUT2D eigenvalue weighted by Gasteiger charge is -2.12. The number of benzene rings is 1. The predicted octanol–water partition coefficient (Wildman–Crippen LogP) is 1.50. The number of hydrogen-bond donors (Lipinski definition) is 3. The molecule has 0 aromatic heterocycles. The minimum absolute atomic E-state index is 0. The number of carbonyl (C=O) groups excluding carboxylic acids is 1. The first-order chi connectivity index (χ1) is 9.79. The molecule has 0 unspecified atom stereocenters. The molecule has 1 fully saturated rings. The van der Waals surface area contributed by atoms with E-state index in [-0.39, 0.29) is 35.8 Å². The SMILES string of the molecule is CN=C(NCCNC(=O)C1CC1)NCc1ccccc1.I. The van der Waals surface area contributed by atoms with Crippen molar-refractivity contribution < 1.29 is 4.79 Å². The zero-order valence-corrected chi connectivity index (χ0v) is 14.6. The summed E-state index contributed by atoms with van der Waals surface area (Å²) >= 11 is 0. The lowest BCUT2D eigenvalue weighted by atomic mass is 10.2. The molecule has 1 amide bonds. The van der Waals surface area contributed by atoms with E-state index >= 15 is 0 Å². The summed E-state index contributed by atoms with van der Waals surface area (Å²) in [7, 11) is 1.74. The maximum absolute atomic E-state index is 11.4. The Bertz CT molecular complexity index is 460. The summed E-state index contributed by atoms with van der Waals surface area (Å²) < 4.78 is 0. The first-order valence-electron chi connectivity index (χ1n) is 7.06. The van der Waals surface area contributed by atoms with Crippen LogP contribution in [0.2, 0.25) is 0 Å². The second-order valence-corrected chi connectivity index (χ2v) is 4.90. The molecular formula is C15H23IN4O. The fraction of sp³-hybridized carbons (Fsp3) is 0.467. The van der Waals surface area contributed by atoms with Gasteiger partial charge in [0, 0.05) is 32.6 Å². The number of rotatable bonds is 6. The molecular weight excluding hydrogens is 379 g/mol. The lowest BCUT2D eigenvalue weighted by Crippen LogP contribution is -2.41. The van der Waals surface area contributed by atoms with Gasteiger partial charge in [-0.25, -0.2) is 0 Å². The highest BCUT2D eigenvalue weighted by atomic mass is 127. The van der Waals surface area contributed by atoms with Crippen molar-refractivity contribution in [1.29, 1.82) is 0 Å². The quantitative estimate of drug-likeness (QED) is 0.293. The van der Waals surface area contributed by atoms with Crippen LogP contribution in [0.25, 0.3) is 0 Å². The molecule has 1 aromatic carbocycles. The molecule has 0 radical (unpaired) electrons.